The molecule has 0 aliphatic heterocycles. The SMILES string of the molecule is COc1cc(C(C)=O)ccc1OCCCC(=O)N(CCN(C)C)Cc1cccc(C(F)(F)F)c1. The molecule has 0 heterocycles. The zero-order valence-electron chi connectivity index (χ0n) is 19.9. The molecule has 0 spiro atoms. The van der Waals surface area contributed by atoms with Gasteiger partial charge < -0.3 is 19.3 Å². The van der Waals surface area contributed by atoms with E-state index in [0.29, 0.717) is 42.1 Å². The molecular formula is C25H31F3N2O4. The lowest BCUT2D eigenvalue weighted by Gasteiger charge is -2.25. The van der Waals surface area contributed by atoms with Crippen molar-refractivity contribution in [2.75, 3.05) is 40.9 Å². The summed E-state index contributed by atoms with van der Waals surface area (Å²) in [5, 5.41) is 0. The van der Waals surface area contributed by atoms with Crippen LogP contribution in [-0.2, 0) is 17.5 Å². The van der Waals surface area contributed by atoms with E-state index < -0.39 is 11.7 Å². The van der Waals surface area contributed by atoms with Crippen molar-refractivity contribution in [3.63, 3.8) is 0 Å². The van der Waals surface area contributed by atoms with Crippen molar-refractivity contribution in [1.29, 1.82) is 0 Å². The van der Waals surface area contributed by atoms with Crippen molar-refractivity contribution in [2.24, 2.45) is 0 Å². The van der Waals surface area contributed by atoms with Crippen LogP contribution in [0.3, 0.4) is 0 Å². The third-order valence-corrected chi connectivity index (χ3v) is 5.16. The first kappa shape index (κ1) is 27.2. The van der Waals surface area contributed by atoms with Crippen LogP contribution in [0.15, 0.2) is 42.5 Å². The third kappa shape index (κ3) is 8.37. The summed E-state index contributed by atoms with van der Waals surface area (Å²) in [4.78, 5) is 27.9. The molecule has 186 valence electrons. The molecular weight excluding hydrogens is 449 g/mol. The summed E-state index contributed by atoms with van der Waals surface area (Å²) in [6.45, 7) is 2.77. The van der Waals surface area contributed by atoms with Crippen LogP contribution in [0, 0.1) is 0 Å². The van der Waals surface area contributed by atoms with Gasteiger partial charge in [-0.3, -0.25) is 9.59 Å². The molecule has 0 fully saturated rings. The predicted octanol–water partition coefficient (Wildman–Crippen LogP) is 4.67. The molecule has 0 aromatic heterocycles. The quantitative estimate of drug-likeness (QED) is 0.327. The zero-order valence-corrected chi connectivity index (χ0v) is 19.9. The Morgan fingerprint density at radius 3 is 2.35 bits per heavy atom. The molecule has 6 nitrogen and oxygen atoms in total. The first-order valence-electron chi connectivity index (χ1n) is 10.9. The smallest absolute Gasteiger partial charge is 0.416 e. The lowest BCUT2D eigenvalue weighted by Crippen LogP contribution is -2.36. The van der Waals surface area contributed by atoms with E-state index in [1.54, 1.807) is 29.2 Å². The number of hydrogen-bond donors (Lipinski definition) is 0. The molecule has 0 atom stereocenters. The van der Waals surface area contributed by atoms with E-state index in [2.05, 4.69) is 0 Å². The molecule has 0 saturated carbocycles. The van der Waals surface area contributed by atoms with Crippen molar-refractivity contribution < 1.29 is 32.2 Å². The number of hydrogen-bond acceptors (Lipinski definition) is 5. The van der Waals surface area contributed by atoms with Gasteiger partial charge in [-0.2, -0.15) is 13.2 Å². The molecule has 1 amide bonds. The van der Waals surface area contributed by atoms with E-state index >= 15 is 0 Å². The summed E-state index contributed by atoms with van der Waals surface area (Å²) in [6, 6.07) is 9.93. The van der Waals surface area contributed by atoms with Crippen molar-refractivity contribution in [1.82, 2.24) is 9.80 Å². The maximum absolute atomic E-state index is 13.1. The third-order valence-electron chi connectivity index (χ3n) is 5.16. The number of halogens is 3. The van der Waals surface area contributed by atoms with E-state index in [0.717, 1.165) is 12.1 Å². The van der Waals surface area contributed by atoms with Crippen LogP contribution in [0.4, 0.5) is 13.2 Å². The van der Waals surface area contributed by atoms with Crippen molar-refractivity contribution in [3.8, 4) is 11.5 Å². The number of benzene rings is 2. The number of amides is 1. The van der Waals surface area contributed by atoms with E-state index in [-0.39, 0.29) is 31.3 Å². The van der Waals surface area contributed by atoms with Crippen LogP contribution in [0.25, 0.3) is 0 Å². The molecule has 34 heavy (non-hydrogen) atoms. The highest BCUT2D eigenvalue weighted by atomic mass is 19.4. The van der Waals surface area contributed by atoms with Gasteiger partial charge >= 0.3 is 6.18 Å². The molecule has 0 aliphatic rings. The summed E-state index contributed by atoms with van der Waals surface area (Å²) in [7, 11) is 5.21. The Morgan fingerprint density at radius 1 is 1.00 bits per heavy atom. The number of likely N-dealkylation sites (N-methyl/N-ethyl adjacent to an activating group) is 1. The fraction of sp³-hybridized carbons (Fsp3) is 0.440. The molecule has 0 unspecified atom stereocenters. The van der Waals surface area contributed by atoms with Crippen LogP contribution in [0.5, 0.6) is 11.5 Å². The van der Waals surface area contributed by atoms with Crippen LogP contribution in [0.1, 0.15) is 41.3 Å². The summed E-state index contributed by atoms with van der Waals surface area (Å²) < 4.78 is 50.1. The zero-order chi connectivity index (χ0) is 25.3. The van der Waals surface area contributed by atoms with Gasteiger partial charge in [0.05, 0.1) is 19.3 Å². The van der Waals surface area contributed by atoms with Gasteiger partial charge in [-0.05, 0) is 63.3 Å². The highest BCUT2D eigenvalue weighted by molar-refractivity contribution is 5.94. The topological polar surface area (TPSA) is 59.1 Å². The average Bonchev–Trinajstić information content (AvgIpc) is 2.78. The molecule has 0 N–H and O–H groups in total. The van der Waals surface area contributed by atoms with Crippen molar-refractivity contribution >= 4 is 11.7 Å². The number of carbonyl (C=O) groups is 2. The van der Waals surface area contributed by atoms with E-state index in [1.165, 1.54) is 20.1 Å². The van der Waals surface area contributed by atoms with Gasteiger partial charge in [-0.1, -0.05) is 12.1 Å². The summed E-state index contributed by atoms with van der Waals surface area (Å²) in [6.07, 6.45) is -3.84. The number of Topliss-reactive ketones (excluding diaryl/α,β-unsaturated/α-hetero) is 1. The van der Waals surface area contributed by atoms with Gasteiger partial charge in [0.1, 0.15) is 0 Å². The highest BCUT2D eigenvalue weighted by Crippen LogP contribution is 2.30. The Morgan fingerprint density at radius 2 is 1.74 bits per heavy atom. The summed E-state index contributed by atoms with van der Waals surface area (Å²) in [5.74, 6) is 0.639. The minimum absolute atomic E-state index is 0.0889. The number of alkyl halides is 3. The molecule has 2 aromatic rings. The minimum atomic E-state index is -4.44. The second-order valence-electron chi connectivity index (χ2n) is 8.19. The van der Waals surface area contributed by atoms with E-state index in [4.69, 9.17) is 9.47 Å². The molecule has 0 radical (unpaired) electrons. The molecule has 0 bridgehead atoms. The van der Waals surface area contributed by atoms with Crippen LogP contribution in [-0.4, -0.2) is 62.4 Å². The maximum atomic E-state index is 13.1. The van der Waals surface area contributed by atoms with Gasteiger partial charge in [0.2, 0.25) is 5.91 Å². The van der Waals surface area contributed by atoms with Gasteiger partial charge in [0.25, 0.3) is 0 Å². The number of carbonyl (C=O) groups excluding carboxylic acids is 2. The lowest BCUT2D eigenvalue weighted by molar-refractivity contribution is -0.137. The number of nitrogens with zero attached hydrogens (tertiary/aromatic N) is 2. The Bertz CT molecular complexity index is 977. The van der Waals surface area contributed by atoms with E-state index in [9.17, 15) is 22.8 Å². The van der Waals surface area contributed by atoms with Crippen LogP contribution >= 0.6 is 0 Å². The lowest BCUT2D eigenvalue weighted by atomic mass is 10.1. The molecule has 0 saturated heterocycles. The second kappa shape index (κ2) is 12.4. The van der Waals surface area contributed by atoms with E-state index in [1.807, 2.05) is 19.0 Å². The summed E-state index contributed by atoms with van der Waals surface area (Å²) in [5.41, 5.74) is 0.196. The molecule has 9 heteroatoms. The van der Waals surface area contributed by atoms with Crippen molar-refractivity contribution in [3.05, 3.63) is 59.2 Å². The first-order chi connectivity index (χ1) is 16.0. The fourth-order valence-corrected chi connectivity index (χ4v) is 3.25. The van der Waals surface area contributed by atoms with Gasteiger partial charge in [0, 0.05) is 31.6 Å². The van der Waals surface area contributed by atoms with Gasteiger partial charge in [-0.15, -0.1) is 0 Å². The predicted molar refractivity (Wildman–Crippen MR) is 123 cm³/mol. The normalized spacial score (nSPS) is 11.4. The van der Waals surface area contributed by atoms with Crippen molar-refractivity contribution in [2.45, 2.75) is 32.5 Å². The number of methoxy groups -OCH3 is 1. The van der Waals surface area contributed by atoms with Gasteiger partial charge in [0.15, 0.2) is 17.3 Å². The average molecular weight is 481 g/mol. The monoisotopic (exact) mass is 480 g/mol. The maximum Gasteiger partial charge on any atom is 0.416 e. The Kier molecular flexibility index (Phi) is 9.92. The molecule has 0 aliphatic carbocycles. The fourth-order valence-electron chi connectivity index (χ4n) is 3.25. The first-order valence-corrected chi connectivity index (χ1v) is 10.9. The summed E-state index contributed by atoms with van der Waals surface area (Å²) >= 11 is 0. The Balaban J connectivity index is 1.99. The number of ether oxygens (including phenoxy) is 2. The molecule has 2 rings (SSSR count). The minimum Gasteiger partial charge on any atom is -0.493 e. The standard InChI is InChI=1S/C25H31F3N2O4/c1-18(31)20-10-11-22(23(16-20)33-4)34-14-6-9-24(32)30(13-12-29(2)3)17-19-7-5-8-21(15-19)25(26,27)28/h5,7-8,10-11,15-16H,6,9,12-14,17H2,1-4H3. The molecule has 2 aromatic carbocycles. The van der Waals surface area contributed by atoms with Crippen LogP contribution in [0.2, 0.25) is 0 Å². The Hall–Kier alpha value is -3.07. The number of ketones is 1. The largest absolute Gasteiger partial charge is 0.493 e. The number of rotatable bonds is 12. The Labute approximate surface area is 198 Å². The highest BCUT2D eigenvalue weighted by Gasteiger charge is 2.30. The van der Waals surface area contributed by atoms with Gasteiger partial charge in [-0.25, -0.2) is 0 Å². The van der Waals surface area contributed by atoms with Crippen LogP contribution < -0.4 is 9.47 Å². The second-order valence-corrected chi connectivity index (χ2v) is 8.19.